The van der Waals surface area contributed by atoms with E-state index in [1.807, 2.05) is 0 Å². The summed E-state index contributed by atoms with van der Waals surface area (Å²) in [5.41, 5.74) is 6.24. The lowest BCUT2D eigenvalue weighted by atomic mass is 10.3. The summed E-state index contributed by atoms with van der Waals surface area (Å²) in [5, 5.41) is 5.62. The van der Waals surface area contributed by atoms with Crippen molar-refractivity contribution in [2.45, 2.75) is 0 Å². The fourth-order valence-electron chi connectivity index (χ4n) is 0.783. The Hall–Kier alpha value is -1.49. The summed E-state index contributed by atoms with van der Waals surface area (Å²) >= 11 is 4.61. The highest BCUT2D eigenvalue weighted by molar-refractivity contribution is 7.80. The van der Waals surface area contributed by atoms with E-state index in [9.17, 15) is 4.91 Å². The topological polar surface area (TPSA) is 67.5 Å². The maximum Gasteiger partial charge on any atom is 0.168 e. The second-order valence-electron chi connectivity index (χ2n) is 2.13. The van der Waals surface area contributed by atoms with Gasteiger partial charge in [0.1, 0.15) is 5.69 Å². The molecule has 0 aliphatic carbocycles. The Labute approximate surface area is 74.7 Å². The van der Waals surface area contributed by atoms with Crippen LogP contribution in [0.3, 0.4) is 0 Å². The first-order chi connectivity index (χ1) is 5.72. The summed E-state index contributed by atoms with van der Waals surface area (Å²) in [6.45, 7) is 0. The van der Waals surface area contributed by atoms with Gasteiger partial charge in [0.25, 0.3) is 0 Å². The van der Waals surface area contributed by atoms with Crippen LogP contribution in [0, 0.1) is 4.91 Å². The third-order valence-electron chi connectivity index (χ3n) is 1.22. The fourth-order valence-corrected chi connectivity index (χ4v) is 0.901. The van der Waals surface area contributed by atoms with Crippen LogP contribution in [0.1, 0.15) is 0 Å². The van der Waals surface area contributed by atoms with Crippen LogP contribution in [0.25, 0.3) is 0 Å². The molecule has 3 N–H and O–H groups in total. The van der Waals surface area contributed by atoms with Gasteiger partial charge >= 0.3 is 0 Å². The van der Waals surface area contributed by atoms with E-state index in [1.165, 1.54) is 0 Å². The van der Waals surface area contributed by atoms with Crippen molar-refractivity contribution in [1.82, 2.24) is 0 Å². The van der Waals surface area contributed by atoms with Crippen LogP contribution in [0.5, 0.6) is 0 Å². The highest BCUT2D eigenvalue weighted by atomic mass is 32.1. The van der Waals surface area contributed by atoms with E-state index in [1.54, 1.807) is 24.3 Å². The number of anilines is 1. The molecule has 0 amide bonds. The van der Waals surface area contributed by atoms with Crippen LogP contribution in [0.15, 0.2) is 29.4 Å². The number of nitrogens with two attached hydrogens (primary N) is 1. The molecule has 0 saturated heterocycles. The Morgan fingerprint density at radius 3 is 2.92 bits per heavy atom. The number of nitroso groups, excluding NO2 is 1. The molecule has 0 radical (unpaired) electrons. The van der Waals surface area contributed by atoms with Gasteiger partial charge in [0, 0.05) is 5.69 Å². The molecule has 5 heteroatoms. The van der Waals surface area contributed by atoms with E-state index in [4.69, 9.17) is 5.73 Å². The summed E-state index contributed by atoms with van der Waals surface area (Å²) in [4.78, 5) is 10.1. The molecule has 0 aromatic heterocycles. The quantitative estimate of drug-likeness (QED) is 0.538. The molecule has 62 valence electrons. The van der Waals surface area contributed by atoms with E-state index < -0.39 is 0 Å². The second kappa shape index (κ2) is 3.77. The molecule has 0 saturated carbocycles. The van der Waals surface area contributed by atoms with Gasteiger partial charge < -0.3 is 11.1 Å². The number of nitrogens with zero attached hydrogens (tertiary/aromatic N) is 1. The van der Waals surface area contributed by atoms with Gasteiger partial charge in [-0.2, -0.15) is 0 Å². The minimum Gasteiger partial charge on any atom is -0.376 e. The van der Waals surface area contributed by atoms with E-state index in [-0.39, 0.29) is 5.11 Å². The van der Waals surface area contributed by atoms with Crippen molar-refractivity contribution < 1.29 is 0 Å². The Bertz CT molecular complexity index is 313. The largest absolute Gasteiger partial charge is 0.376 e. The van der Waals surface area contributed by atoms with Gasteiger partial charge in [-0.15, -0.1) is 4.91 Å². The number of nitrogens with one attached hydrogen (secondary N) is 1. The zero-order valence-corrected chi connectivity index (χ0v) is 6.97. The van der Waals surface area contributed by atoms with Gasteiger partial charge in [-0.3, -0.25) is 0 Å². The summed E-state index contributed by atoms with van der Waals surface area (Å²) < 4.78 is 0. The van der Waals surface area contributed by atoms with Crippen molar-refractivity contribution in [3.05, 3.63) is 29.2 Å². The molecular weight excluding hydrogens is 174 g/mol. The first-order valence-electron chi connectivity index (χ1n) is 3.22. The Morgan fingerprint density at radius 1 is 1.58 bits per heavy atom. The molecule has 4 nitrogen and oxygen atoms in total. The zero-order valence-electron chi connectivity index (χ0n) is 6.15. The van der Waals surface area contributed by atoms with Crippen LogP contribution in [-0.2, 0) is 0 Å². The molecule has 1 rings (SSSR count). The van der Waals surface area contributed by atoms with Gasteiger partial charge in [0.05, 0.1) is 0 Å². The first-order valence-corrected chi connectivity index (χ1v) is 3.63. The van der Waals surface area contributed by atoms with Crippen molar-refractivity contribution in [3.63, 3.8) is 0 Å². The van der Waals surface area contributed by atoms with Crippen molar-refractivity contribution in [2.24, 2.45) is 10.9 Å². The number of thiocarbonyl (C=S) groups is 1. The SMILES string of the molecule is NC(=S)Nc1cccc(N=O)c1. The van der Waals surface area contributed by atoms with Gasteiger partial charge in [0.2, 0.25) is 0 Å². The summed E-state index contributed by atoms with van der Waals surface area (Å²) in [6, 6.07) is 6.59. The Kier molecular flexibility index (Phi) is 2.71. The van der Waals surface area contributed by atoms with Crippen LogP contribution in [0.2, 0.25) is 0 Å². The van der Waals surface area contributed by atoms with Crippen LogP contribution < -0.4 is 11.1 Å². The lowest BCUT2D eigenvalue weighted by molar-refractivity contribution is 1.49. The van der Waals surface area contributed by atoms with Gasteiger partial charge in [-0.1, -0.05) is 6.07 Å². The van der Waals surface area contributed by atoms with Crippen LogP contribution >= 0.6 is 12.2 Å². The highest BCUT2D eigenvalue weighted by Gasteiger charge is 1.94. The third-order valence-corrected chi connectivity index (χ3v) is 1.32. The first kappa shape index (κ1) is 8.61. The van der Waals surface area contributed by atoms with E-state index >= 15 is 0 Å². The fraction of sp³-hybridized carbons (Fsp3) is 0. The summed E-state index contributed by atoms with van der Waals surface area (Å²) in [7, 11) is 0. The maximum absolute atomic E-state index is 10.1. The molecule has 0 atom stereocenters. The average Bonchev–Trinajstić information content (AvgIpc) is 2.03. The van der Waals surface area contributed by atoms with Crippen molar-refractivity contribution in [2.75, 3.05) is 5.32 Å². The zero-order chi connectivity index (χ0) is 8.97. The molecule has 0 bridgehead atoms. The number of hydrogen-bond donors (Lipinski definition) is 2. The van der Waals surface area contributed by atoms with E-state index in [0.717, 1.165) is 0 Å². The molecule has 0 spiro atoms. The normalized spacial score (nSPS) is 9.00. The van der Waals surface area contributed by atoms with Crippen molar-refractivity contribution in [1.29, 1.82) is 0 Å². The predicted molar refractivity (Wildman–Crippen MR) is 52.3 cm³/mol. The van der Waals surface area contributed by atoms with E-state index in [0.29, 0.717) is 11.4 Å². The van der Waals surface area contributed by atoms with Gasteiger partial charge in [-0.25, -0.2) is 0 Å². The van der Waals surface area contributed by atoms with Crippen molar-refractivity contribution in [3.8, 4) is 0 Å². The standard InChI is InChI=1S/C7H7N3OS/c8-7(12)9-5-2-1-3-6(4-5)10-11/h1-4H,(H3,8,9,12). The maximum atomic E-state index is 10.1. The third kappa shape index (κ3) is 2.28. The van der Waals surface area contributed by atoms with Crippen LogP contribution in [-0.4, -0.2) is 5.11 Å². The highest BCUT2D eigenvalue weighted by Crippen LogP contribution is 2.16. The molecule has 0 fully saturated rings. The number of rotatable bonds is 2. The minimum absolute atomic E-state index is 0.165. The van der Waals surface area contributed by atoms with Gasteiger partial charge in [0.15, 0.2) is 5.11 Å². The molecule has 0 aliphatic rings. The van der Waals surface area contributed by atoms with E-state index in [2.05, 4.69) is 22.7 Å². The monoisotopic (exact) mass is 181 g/mol. The number of benzene rings is 1. The molecule has 0 unspecified atom stereocenters. The Morgan fingerprint density at radius 2 is 2.33 bits per heavy atom. The van der Waals surface area contributed by atoms with Gasteiger partial charge in [-0.05, 0) is 35.6 Å². The molecule has 0 heterocycles. The predicted octanol–water partition coefficient (Wildman–Crippen LogP) is 1.74. The molecule has 1 aromatic carbocycles. The lowest BCUT2D eigenvalue weighted by Gasteiger charge is -2.02. The molecular formula is C7H7N3OS. The average molecular weight is 181 g/mol. The number of hydrogen-bond acceptors (Lipinski definition) is 3. The van der Waals surface area contributed by atoms with Crippen molar-refractivity contribution >= 4 is 28.7 Å². The van der Waals surface area contributed by atoms with Crippen LogP contribution in [0.4, 0.5) is 11.4 Å². The Balaban J connectivity index is 2.86. The smallest absolute Gasteiger partial charge is 0.168 e. The second-order valence-corrected chi connectivity index (χ2v) is 2.57. The lowest BCUT2D eigenvalue weighted by Crippen LogP contribution is -2.18. The molecule has 12 heavy (non-hydrogen) atoms. The summed E-state index contributed by atoms with van der Waals surface area (Å²) in [5.74, 6) is 0. The molecule has 0 aliphatic heterocycles. The summed E-state index contributed by atoms with van der Waals surface area (Å²) in [6.07, 6.45) is 0. The minimum atomic E-state index is 0.165. The molecule has 1 aromatic rings.